The summed E-state index contributed by atoms with van der Waals surface area (Å²) in [6, 6.07) is 4.51. The minimum absolute atomic E-state index is 0.0102. The number of rotatable bonds is 8. The van der Waals surface area contributed by atoms with Gasteiger partial charge < -0.3 is 19.7 Å². The molecule has 1 N–H and O–H groups in total. The van der Waals surface area contributed by atoms with E-state index in [1.807, 2.05) is 0 Å². The van der Waals surface area contributed by atoms with Crippen molar-refractivity contribution in [2.75, 3.05) is 37.3 Å². The summed E-state index contributed by atoms with van der Waals surface area (Å²) in [4.78, 5) is 39.8. The second kappa shape index (κ2) is 11.3. The lowest BCUT2D eigenvalue weighted by molar-refractivity contribution is -0.136. The molecule has 0 spiro atoms. The number of pyridine rings is 1. The van der Waals surface area contributed by atoms with E-state index in [-0.39, 0.29) is 17.5 Å². The van der Waals surface area contributed by atoms with E-state index in [4.69, 9.17) is 0 Å². The Morgan fingerprint density at radius 2 is 1.88 bits per heavy atom. The van der Waals surface area contributed by atoms with Crippen molar-refractivity contribution in [3.8, 4) is 0 Å². The van der Waals surface area contributed by atoms with E-state index in [0.29, 0.717) is 66.2 Å². The van der Waals surface area contributed by atoms with Crippen molar-refractivity contribution in [3.63, 3.8) is 0 Å². The van der Waals surface area contributed by atoms with Crippen molar-refractivity contribution in [2.45, 2.75) is 58.5 Å². The number of aryl methyl sites for hydroxylation is 1. The van der Waals surface area contributed by atoms with Gasteiger partial charge in [0, 0.05) is 56.3 Å². The van der Waals surface area contributed by atoms with Gasteiger partial charge in [-0.25, -0.2) is 14.4 Å². The number of nitrogens with one attached hydrogen (secondary N) is 1. The molecule has 13 heteroatoms. The van der Waals surface area contributed by atoms with E-state index in [2.05, 4.69) is 20.3 Å². The van der Waals surface area contributed by atoms with E-state index < -0.39 is 42.9 Å². The molecule has 3 aromatic rings. The molecule has 5 rings (SSSR count). The minimum atomic E-state index is -3.59. The summed E-state index contributed by atoms with van der Waals surface area (Å²) < 4.78 is 60.2. The first-order chi connectivity index (χ1) is 19.8. The first-order valence-corrected chi connectivity index (χ1v) is 16.1. The third kappa shape index (κ3) is 6.00. The third-order valence-corrected chi connectivity index (χ3v) is 10.9. The summed E-state index contributed by atoms with van der Waals surface area (Å²) >= 11 is 0. The van der Waals surface area contributed by atoms with Crippen LogP contribution in [0.3, 0.4) is 0 Å². The van der Waals surface area contributed by atoms with Gasteiger partial charge in [-0.15, -0.1) is 0 Å². The molecule has 0 unspecified atom stereocenters. The van der Waals surface area contributed by atoms with Crippen molar-refractivity contribution in [3.05, 3.63) is 53.2 Å². The topological polar surface area (TPSA) is 108 Å². The number of hydrogen-bond acceptors (Lipinski definition) is 7. The molecule has 1 atom stereocenters. The molecule has 2 amide bonds. The maximum atomic E-state index is 15.7. The quantitative estimate of drug-likeness (QED) is 0.376. The number of halogens is 3. The first kappa shape index (κ1) is 29.9. The van der Waals surface area contributed by atoms with Crippen LogP contribution < -0.4 is 10.8 Å². The summed E-state index contributed by atoms with van der Waals surface area (Å²) in [6.07, 6.45) is 3.47. The van der Waals surface area contributed by atoms with Crippen molar-refractivity contribution in [1.29, 1.82) is 0 Å². The van der Waals surface area contributed by atoms with Crippen LogP contribution in [-0.4, -0.2) is 74.6 Å². The van der Waals surface area contributed by atoms with Gasteiger partial charge in [0.1, 0.15) is 30.0 Å². The van der Waals surface area contributed by atoms with E-state index in [1.54, 1.807) is 24.8 Å². The maximum absolute atomic E-state index is 15.7. The normalized spacial score (nSPS) is 17.6. The number of amides is 2. The molecule has 224 valence electrons. The number of carbonyl (C=O) groups is 2. The zero-order chi connectivity index (χ0) is 30.4. The molecule has 2 aliphatic rings. The lowest BCUT2D eigenvalue weighted by atomic mass is 9.99. The highest BCUT2D eigenvalue weighted by atomic mass is 31.2. The second-order valence-electron chi connectivity index (χ2n) is 11.2. The Balaban J connectivity index is 1.43. The Bertz CT molecular complexity index is 1590. The van der Waals surface area contributed by atoms with Crippen molar-refractivity contribution in [1.82, 2.24) is 24.8 Å². The number of carbonyl (C=O) groups excluding carboxylic acids is 2. The lowest BCUT2D eigenvalue weighted by Gasteiger charge is -2.31. The zero-order valence-electron chi connectivity index (χ0n) is 24.0. The van der Waals surface area contributed by atoms with E-state index >= 15 is 13.2 Å². The van der Waals surface area contributed by atoms with Crippen LogP contribution >= 0.6 is 7.14 Å². The van der Waals surface area contributed by atoms with Crippen LogP contribution in [0.4, 0.5) is 19.0 Å². The summed E-state index contributed by atoms with van der Waals surface area (Å²) in [5.74, 6) is -4.42. The van der Waals surface area contributed by atoms with Gasteiger partial charge in [-0.05, 0) is 38.8 Å². The van der Waals surface area contributed by atoms with Crippen molar-refractivity contribution >= 4 is 41.1 Å². The molecule has 42 heavy (non-hydrogen) atoms. The fourth-order valence-corrected chi connectivity index (χ4v) is 7.88. The Labute approximate surface area is 242 Å². The van der Waals surface area contributed by atoms with E-state index in [0.717, 1.165) is 11.0 Å². The van der Waals surface area contributed by atoms with Gasteiger partial charge >= 0.3 is 0 Å². The van der Waals surface area contributed by atoms with Gasteiger partial charge in [0.05, 0.1) is 29.9 Å². The third-order valence-electron chi connectivity index (χ3n) is 8.01. The fraction of sp³-hybridized carbons (Fsp3) is 0.483. The average Bonchev–Trinajstić information content (AvgIpc) is 3.77. The van der Waals surface area contributed by atoms with Crippen LogP contribution in [-0.2, 0) is 20.1 Å². The first-order valence-electron chi connectivity index (χ1n) is 14.0. The molecule has 0 bridgehead atoms. The van der Waals surface area contributed by atoms with Crippen molar-refractivity contribution in [2.24, 2.45) is 0 Å². The van der Waals surface area contributed by atoms with E-state index in [1.165, 1.54) is 32.2 Å². The largest absolute Gasteiger partial charge is 0.363 e. The maximum Gasteiger partial charge on any atom is 0.293 e. The van der Waals surface area contributed by atoms with Gasteiger partial charge in [-0.1, -0.05) is 12.1 Å². The standard InChI is InChI=1S/C29H34F3N6O3P/c1-17(22-6-5-7-24(27(22)30)29(31,32)16-38(20(4)40)21-8-9-21)34-28-23-14-26(33-15-25(23)35-18(2)36-28)42(41)12-10-37(11-13-42)19(3)39/h5-7,14-15,17,21H,8-13,16H2,1-4H3,(H,34,35,36)/t17-/m1/s1. The predicted molar refractivity (Wildman–Crippen MR) is 154 cm³/mol. The molecular weight excluding hydrogens is 568 g/mol. The molecular formula is C29H34F3N6O3P. The number of benzene rings is 1. The highest BCUT2D eigenvalue weighted by Gasteiger charge is 2.43. The van der Waals surface area contributed by atoms with Crippen LogP contribution in [0.5, 0.6) is 0 Å². The van der Waals surface area contributed by atoms with Gasteiger partial charge in [0.15, 0.2) is 0 Å². The minimum Gasteiger partial charge on any atom is -0.363 e. The summed E-state index contributed by atoms with van der Waals surface area (Å²) in [6.45, 7) is 5.92. The smallest absolute Gasteiger partial charge is 0.293 e. The van der Waals surface area contributed by atoms with Crippen molar-refractivity contribution < 1.29 is 27.3 Å². The SMILES string of the molecule is CC(=O)N1CCP(=O)(c2cc3c(N[C@H](C)c4cccc(C(F)(F)CN(C(C)=O)C5CC5)c4F)nc(C)nc3cn2)CC1. The summed E-state index contributed by atoms with van der Waals surface area (Å²) in [5, 5.41) is 3.66. The summed E-state index contributed by atoms with van der Waals surface area (Å²) in [7, 11) is -2.89. The van der Waals surface area contributed by atoms with Crippen LogP contribution in [0, 0.1) is 12.7 Å². The monoisotopic (exact) mass is 602 g/mol. The number of nitrogens with zero attached hydrogens (tertiary/aromatic N) is 5. The zero-order valence-corrected chi connectivity index (χ0v) is 24.9. The molecule has 1 aromatic carbocycles. The molecule has 1 aliphatic heterocycles. The Morgan fingerprint density at radius 3 is 2.50 bits per heavy atom. The number of fused-ring (bicyclic) bond motifs is 1. The second-order valence-corrected chi connectivity index (χ2v) is 14.3. The molecule has 1 aliphatic carbocycles. The number of anilines is 1. The van der Waals surface area contributed by atoms with Crippen LogP contribution in [0.1, 0.15) is 56.6 Å². The van der Waals surface area contributed by atoms with Gasteiger partial charge in [0.25, 0.3) is 5.92 Å². The van der Waals surface area contributed by atoms with Gasteiger partial charge in [-0.2, -0.15) is 8.78 Å². The lowest BCUT2D eigenvalue weighted by Crippen LogP contribution is -2.40. The van der Waals surface area contributed by atoms with Crippen LogP contribution in [0.25, 0.3) is 10.9 Å². The van der Waals surface area contributed by atoms with E-state index in [9.17, 15) is 14.2 Å². The molecule has 1 saturated carbocycles. The Kier molecular flexibility index (Phi) is 8.04. The highest BCUT2D eigenvalue weighted by molar-refractivity contribution is 7.71. The summed E-state index contributed by atoms with van der Waals surface area (Å²) in [5.41, 5.74) is 0.127. The average molecular weight is 603 g/mol. The molecule has 9 nitrogen and oxygen atoms in total. The predicted octanol–water partition coefficient (Wildman–Crippen LogP) is 4.60. The van der Waals surface area contributed by atoms with Gasteiger partial charge in [0.2, 0.25) is 11.8 Å². The number of aromatic nitrogens is 3. The number of hydrogen-bond donors (Lipinski definition) is 1. The molecule has 2 fully saturated rings. The van der Waals surface area contributed by atoms with Gasteiger partial charge in [-0.3, -0.25) is 14.6 Å². The molecule has 0 radical (unpaired) electrons. The fourth-order valence-electron chi connectivity index (χ4n) is 5.43. The van der Waals surface area contributed by atoms with Crippen LogP contribution in [0.2, 0.25) is 0 Å². The highest BCUT2D eigenvalue weighted by Crippen LogP contribution is 2.46. The molecule has 2 aromatic heterocycles. The Hall–Kier alpha value is -3.53. The Morgan fingerprint density at radius 1 is 1.19 bits per heavy atom. The number of alkyl halides is 2. The molecule has 3 heterocycles. The molecule has 1 saturated heterocycles. The van der Waals surface area contributed by atoms with Crippen LogP contribution in [0.15, 0.2) is 30.5 Å².